The molecule has 0 radical (unpaired) electrons. The van der Waals surface area contributed by atoms with Gasteiger partial charge in [0.05, 0.1) is 6.61 Å². The molecule has 1 aliphatic heterocycles. The largest absolute Gasteiger partial charge is 0.399 e. The van der Waals surface area contributed by atoms with Gasteiger partial charge in [0.1, 0.15) is 0 Å². The molecule has 0 aliphatic carbocycles. The first-order valence-corrected chi connectivity index (χ1v) is 6.50. The third kappa shape index (κ3) is 3.45. The number of piperidine rings is 1. The van der Waals surface area contributed by atoms with Crippen molar-refractivity contribution in [3.8, 4) is 0 Å². The van der Waals surface area contributed by atoms with Crippen LogP contribution >= 0.6 is 0 Å². The second-order valence-electron chi connectivity index (χ2n) is 4.84. The van der Waals surface area contributed by atoms with Crippen LogP contribution in [-0.4, -0.2) is 29.6 Å². The van der Waals surface area contributed by atoms with Crippen molar-refractivity contribution in [1.82, 2.24) is 4.90 Å². The van der Waals surface area contributed by atoms with Gasteiger partial charge in [-0.3, -0.25) is 0 Å². The number of likely N-dealkylation sites (tertiary alicyclic amines) is 1. The summed E-state index contributed by atoms with van der Waals surface area (Å²) in [6.07, 6.45) is 5.01. The van der Waals surface area contributed by atoms with Crippen molar-refractivity contribution in [3.05, 3.63) is 29.3 Å². The predicted octanol–water partition coefficient (Wildman–Crippen LogP) is 1.79. The Morgan fingerprint density at radius 3 is 2.65 bits per heavy atom. The Morgan fingerprint density at radius 1 is 1.18 bits per heavy atom. The quantitative estimate of drug-likeness (QED) is 0.781. The zero-order valence-corrected chi connectivity index (χ0v) is 10.4. The van der Waals surface area contributed by atoms with Gasteiger partial charge >= 0.3 is 0 Å². The van der Waals surface area contributed by atoms with Gasteiger partial charge in [-0.1, -0.05) is 18.6 Å². The van der Waals surface area contributed by atoms with Crippen LogP contribution in [0.2, 0.25) is 0 Å². The smallest absolute Gasteiger partial charge is 0.0681 e. The second-order valence-corrected chi connectivity index (χ2v) is 4.84. The molecule has 17 heavy (non-hydrogen) atoms. The summed E-state index contributed by atoms with van der Waals surface area (Å²) < 4.78 is 0. The van der Waals surface area contributed by atoms with Crippen LogP contribution in [0.4, 0.5) is 5.69 Å². The lowest BCUT2D eigenvalue weighted by molar-refractivity contribution is 0.231. The van der Waals surface area contributed by atoms with Crippen LogP contribution < -0.4 is 5.73 Å². The molecule has 94 valence electrons. The average Bonchev–Trinajstić information content (AvgIpc) is 2.39. The zero-order chi connectivity index (χ0) is 12.1. The van der Waals surface area contributed by atoms with Crippen molar-refractivity contribution in [1.29, 1.82) is 0 Å². The number of aliphatic hydroxyl groups is 1. The van der Waals surface area contributed by atoms with Gasteiger partial charge in [0.15, 0.2) is 0 Å². The van der Waals surface area contributed by atoms with E-state index in [9.17, 15) is 0 Å². The summed E-state index contributed by atoms with van der Waals surface area (Å²) in [5.74, 6) is 0. The molecule has 3 heteroatoms. The number of hydrogen-bond donors (Lipinski definition) is 2. The topological polar surface area (TPSA) is 49.5 Å². The average molecular weight is 234 g/mol. The minimum Gasteiger partial charge on any atom is -0.399 e. The molecule has 0 bridgehead atoms. The van der Waals surface area contributed by atoms with Gasteiger partial charge in [-0.2, -0.15) is 0 Å². The molecule has 1 fully saturated rings. The number of hydrogen-bond acceptors (Lipinski definition) is 3. The molecule has 3 N–H and O–H groups in total. The molecule has 0 unspecified atom stereocenters. The fourth-order valence-electron chi connectivity index (χ4n) is 2.44. The zero-order valence-electron chi connectivity index (χ0n) is 10.4. The highest BCUT2D eigenvalue weighted by Gasteiger charge is 2.10. The minimum atomic E-state index is 0.0942. The summed E-state index contributed by atoms with van der Waals surface area (Å²) in [4.78, 5) is 2.51. The number of benzene rings is 1. The molecule has 0 saturated carbocycles. The standard InChI is InChI=1S/C14H22N2O/c15-14-5-4-12(11-17)10-13(14)6-9-16-7-2-1-3-8-16/h4-5,10,17H,1-3,6-9,11,15H2. The SMILES string of the molecule is Nc1ccc(CO)cc1CCN1CCCCC1. The molecule has 1 aliphatic rings. The fourth-order valence-corrected chi connectivity index (χ4v) is 2.44. The molecule has 1 aromatic rings. The van der Waals surface area contributed by atoms with Crippen LogP contribution in [0.5, 0.6) is 0 Å². The van der Waals surface area contributed by atoms with Crippen molar-refractivity contribution in [2.75, 3.05) is 25.4 Å². The van der Waals surface area contributed by atoms with Crippen LogP contribution in [0.3, 0.4) is 0 Å². The Bertz CT molecular complexity index is 359. The molecule has 1 aromatic carbocycles. The van der Waals surface area contributed by atoms with Gasteiger partial charge in [0.2, 0.25) is 0 Å². The minimum absolute atomic E-state index is 0.0942. The van der Waals surface area contributed by atoms with E-state index in [4.69, 9.17) is 10.8 Å². The fraction of sp³-hybridized carbons (Fsp3) is 0.571. The summed E-state index contributed by atoms with van der Waals surface area (Å²) in [6, 6.07) is 5.82. The highest BCUT2D eigenvalue weighted by atomic mass is 16.3. The van der Waals surface area contributed by atoms with E-state index >= 15 is 0 Å². The molecular weight excluding hydrogens is 212 g/mol. The molecule has 1 heterocycles. The first kappa shape index (κ1) is 12.4. The summed E-state index contributed by atoms with van der Waals surface area (Å²) in [5.41, 5.74) is 8.93. The Labute approximate surface area is 103 Å². The van der Waals surface area contributed by atoms with E-state index in [2.05, 4.69) is 4.90 Å². The van der Waals surface area contributed by atoms with Crippen molar-refractivity contribution in [2.45, 2.75) is 32.3 Å². The highest BCUT2D eigenvalue weighted by molar-refractivity contribution is 5.48. The number of aliphatic hydroxyl groups excluding tert-OH is 1. The van der Waals surface area contributed by atoms with Gasteiger partial charge in [-0.05, 0) is 49.5 Å². The first-order valence-electron chi connectivity index (χ1n) is 6.50. The molecule has 2 rings (SSSR count). The van der Waals surface area contributed by atoms with Crippen LogP contribution in [0.1, 0.15) is 30.4 Å². The lowest BCUT2D eigenvalue weighted by atomic mass is 10.0. The molecule has 1 saturated heterocycles. The molecule has 0 aromatic heterocycles. The Hall–Kier alpha value is -1.06. The van der Waals surface area contributed by atoms with E-state index in [1.807, 2.05) is 18.2 Å². The molecule has 0 spiro atoms. The number of nitrogen functional groups attached to an aromatic ring is 1. The van der Waals surface area contributed by atoms with E-state index in [-0.39, 0.29) is 6.61 Å². The lowest BCUT2D eigenvalue weighted by Crippen LogP contribution is -2.31. The molecule has 0 atom stereocenters. The van der Waals surface area contributed by atoms with Crippen LogP contribution in [0.15, 0.2) is 18.2 Å². The third-order valence-electron chi connectivity index (χ3n) is 3.54. The Balaban J connectivity index is 1.92. The monoisotopic (exact) mass is 234 g/mol. The number of nitrogens with zero attached hydrogens (tertiary/aromatic N) is 1. The Kier molecular flexibility index (Phi) is 4.40. The molecule has 3 nitrogen and oxygen atoms in total. The summed E-state index contributed by atoms with van der Waals surface area (Å²) in [5, 5.41) is 9.12. The van der Waals surface area contributed by atoms with Crippen molar-refractivity contribution in [2.24, 2.45) is 0 Å². The van der Waals surface area contributed by atoms with Crippen LogP contribution in [0.25, 0.3) is 0 Å². The highest BCUT2D eigenvalue weighted by Crippen LogP contribution is 2.16. The normalized spacial score (nSPS) is 17.2. The maximum Gasteiger partial charge on any atom is 0.0681 e. The van der Waals surface area contributed by atoms with Gasteiger partial charge in [-0.15, -0.1) is 0 Å². The van der Waals surface area contributed by atoms with Gasteiger partial charge in [0.25, 0.3) is 0 Å². The number of anilines is 1. The first-order chi connectivity index (χ1) is 8.29. The van der Waals surface area contributed by atoms with Crippen molar-refractivity contribution >= 4 is 5.69 Å². The molecule has 0 amide bonds. The van der Waals surface area contributed by atoms with Gasteiger partial charge < -0.3 is 15.7 Å². The van der Waals surface area contributed by atoms with E-state index in [0.717, 1.165) is 24.2 Å². The van der Waals surface area contributed by atoms with Crippen LogP contribution in [0, 0.1) is 0 Å². The van der Waals surface area contributed by atoms with Crippen molar-refractivity contribution in [3.63, 3.8) is 0 Å². The van der Waals surface area contributed by atoms with E-state index in [1.54, 1.807) is 0 Å². The maximum absolute atomic E-state index is 9.12. The summed E-state index contributed by atoms with van der Waals surface area (Å²) in [7, 11) is 0. The summed E-state index contributed by atoms with van der Waals surface area (Å²) in [6.45, 7) is 3.62. The molecular formula is C14H22N2O. The second kappa shape index (κ2) is 6.03. The maximum atomic E-state index is 9.12. The third-order valence-corrected chi connectivity index (χ3v) is 3.54. The lowest BCUT2D eigenvalue weighted by Gasteiger charge is -2.26. The van der Waals surface area contributed by atoms with E-state index in [0.29, 0.717) is 0 Å². The number of rotatable bonds is 4. The van der Waals surface area contributed by atoms with E-state index in [1.165, 1.54) is 37.9 Å². The van der Waals surface area contributed by atoms with Gasteiger partial charge in [-0.25, -0.2) is 0 Å². The number of nitrogens with two attached hydrogens (primary N) is 1. The predicted molar refractivity (Wildman–Crippen MR) is 70.8 cm³/mol. The van der Waals surface area contributed by atoms with Crippen molar-refractivity contribution < 1.29 is 5.11 Å². The summed E-state index contributed by atoms with van der Waals surface area (Å²) >= 11 is 0. The van der Waals surface area contributed by atoms with E-state index < -0.39 is 0 Å². The Morgan fingerprint density at radius 2 is 1.94 bits per heavy atom. The van der Waals surface area contributed by atoms with Crippen LogP contribution in [-0.2, 0) is 13.0 Å². The van der Waals surface area contributed by atoms with Gasteiger partial charge in [0, 0.05) is 12.2 Å².